The van der Waals surface area contributed by atoms with E-state index in [0.717, 1.165) is 17.8 Å². The SMILES string of the molecule is Cc1n[nH]c(C)c1CC(C)N. The van der Waals surface area contributed by atoms with Crippen molar-refractivity contribution in [3.05, 3.63) is 17.0 Å². The van der Waals surface area contributed by atoms with Crippen LogP contribution in [-0.4, -0.2) is 16.2 Å². The summed E-state index contributed by atoms with van der Waals surface area (Å²) in [5.41, 5.74) is 9.15. The van der Waals surface area contributed by atoms with Crippen molar-refractivity contribution in [2.75, 3.05) is 0 Å². The number of nitrogens with zero attached hydrogens (tertiary/aromatic N) is 1. The van der Waals surface area contributed by atoms with Gasteiger partial charge in [0.25, 0.3) is 0 Å². The molecule has 0 amide bonds. The zero-order valence-corrected chi connectivity index (χ0v) is 7.31. The molecule has 1 atom stereocenters. The van der Waals surface area contributed by atoms with Crippen molar-refractivity contribution in [3.8, 4) is 0 Å². The Morgan fingerprint density at radius 1 is 1.55 bits per heavy atom. The first-order chi connectivity index (χ1) is 5.11. The summed E-state index contributed by atoms with van der Waals surface area (Å²) in [5.74, 6) is 0. The lowest BCUT2D eigenvalue weighted by atomic mass is 10.1. The fourth-order valence-electron chi connectivity index (χ4n) is 1.20. The molecule has 3 N–H and O–H groups in total. The van der Waals surface area contributed by atoms with Gasteiger partial charge in [0.15, 0.2) is 0 Å². The molecule has 1 aromatic rings. The summed E-state index contributed by atoms with van der Waals surface area (Å²) in [6.45, 7) is 6.03. The van der Waals surface area contributed by atoms with Crippen LogP contribution < -0.4 is 5.73 Å². The van der Waals surface area contributed by atoms with Crippen LogP contribution in [0, 0.1) is 13.8 Å². The molecule has 0 fully saturated rings. The summed E-state index contributed by atoms with van der Waals surface area (Å²) in [4.78, 5) is 0. The number of hydrogen-bond donors (Lipinski definition) is 2. The Balaban J connectivity index is 2.83. The summed E-state index contributed by atoms with van der Waals surface area (Å²) < 4.78 is 0. The molecule has 0 aromatic carbocycles. The van der Waals surface area contributed by atoms with Crippen LogP contribution in [0.15, 0.2) is 0 Å². The molecule has 0 aliphatic carbocycles. The van der Waals surface area contributed by atoms with E-state index >= 15 is 0 Å². The average Bonchev–Trinajstić information content (AvgIpc) is 2.18. The maximum Gasteiger partial charge on any atom is 0.0626 e. The maximum atomic E-state index is 5.68. The van der Waals surface area contributed by atoms with E-state index in [1.165, 1.54) is 5.56 Å². The third-order valence-electron chi connectivity index (χ3n) is 1.81. The van der Waals surface area contributed by atoms with Gasteiger partial charge in [-0.2, -0.15) is 5.10 Å². The van der Waals surface area contributed by atoms with Gasteiger partial charge in [0.05, 0.1) is 5.69 Å². The largest absolute Gasteiger partial charge is 0.328 e. The third-order valence-corrected chi connectivity index (χ3v) is 1.81. The molecule has 11 heavy (non-hydrogen) atoms. The Bertz CT molecular complexity index is 218. The van der Waals surface area contributed by atoms with Crippen molar-refractivity contribution in [1.82, 2.24) is 10.2 Å². The number of hydrogen-bond acceptors (Lipinski definition) is 2. The van der Waals surface area contributed by atoms with Crippen LogP contribution in [-0.2, 0) is 6.42 Å². The maximum absolute atomic E-state index is 5.68. The third kappa shape index (κ3) is 1.80. The Morgan fingerprint density at radius 2 is 2.18 bits per heavy atom. The number of nitrogens with two attached hydrogens (primary N) is 1. The molecule has 62 valence electrons. The highest BCUT2D eigenvalue weighted by molar-refractivity contribution is 5.23. The molecule has 1 unspecified atom stereocenters. The smallest absolute Gasteiger partial charge is 0.0626 e. The van der Waals surface area contributed by atoms with Crippen LogP contribution in [0.3, 0.4) is 0 Å². The lowest BCUT2D eigenvalue weighted by Crippen LogP contribution is -2.18. The van der Waals surface area contributed by atoms with Gasteiger partial charge in [-0.05, 0) is 32.8 Å². The second-order valence-electron chi connectivity index (χ2n) is 3.09. The van der Waals surface area contributed by atoms with Crippen LogP contribution in [0.2, 0.25) is 0 Å². The van der Waals surface area contributed by atoms with Gasteiger partial charge in [0, 0.05) is 11.7 Å². The number of aromatic amines is 1. The molecule has 0 aliphatic heterocycles. The fraction of sp³-hybridized carbons (Fsp3) is 0.625. The molecule has 0 saturated heterocycles. The predicted molar refractivity (Wildman–Crippen MR) is 45.4 cm³/mol. The average molecular weight is 153 g/mol. The van der Waals surface area contributed by atoms with Crippen molar-refractivity contribution in [2.45, 2.75) is 33.2 Å². The van der Waals surface area contributed by atoms with Gasteiger partial charge in [-0.1, -0.05) is 0 Å². The number of nitrogens with one attached hydrogen (secondary N) is 1. The molecule has 3 nitrogen and oxygen atoms in total. The van der Waals surface area contributed by atoms with E-state index in [2.05, 4.69) is 10.2 Å². The first kappa shape index (κ1) is 8.27. The zero-order valence-electron chi connectivity index (χ0n) is 7.31. The molecule has 3 heteroatoms. The van der Waals surface area contributed by atoms with E-state index in [1.807, 2.05) is 20.8 Å². The first-order valence-corrected chi connectivity index (χ1v) is 3.87. The summed E-state index contributed by atoms with van der Waals surface area (Å²) in [5, 5.41) is 7.03. The normalized spacial score (nSPS) is 13.5. The molecule has 1 heterocycles. The van der Waals surface area contributed by atoms with Crippen LogP contribution in [0.25, 0.3) is 0 Å². The van der Waals surface area contributed by atoms with Crippen molar-refractivity contribution in [3.63, 3.8) is 0 Å². The van der Waals surface area contributed by atoms with Crippen molar-refractivity contribution < 1.29 is 0 Å². The van der Waals surface area contributed by atoms with Crippen molar-refractivity contribution in [2.24, 2.45) is 5.73 Å². The number of H-pyrrole nitrogens is 1. The molecular weight excluding hydrogens is 138 g/mol. The standard InChI is InChI=1S/C8H15N3/c1-5(9)4-8-6(2)10-11-7(8)3/h5H,4,9H2,1-3H3,(H,10,11). The van der Waals surface area contributed by atoms with Gasteiger partial charge >= 0.3 is 0 Å². The monoisotopic (exact) mass is 153 g/mol. The molecule has 0 saturated carbocycles. The second kappa shape index (κ2) is 3.05. The van der Waals surface area contributed by atoms with Gasteiger partial charge < -0.3 is 5.73 Å². The summed E-state index contributed by atoms with van der Waals surface area (Å²) in [7, 11) is 0. The van der Waals surface area contributed by atoms with Crippen molar-refractivity contribution >= 4 is 0 Å². The van der Waals surface area contributed by atoms with E-state index < -0.39 is 0 Å². The lowest BCUT2D eigenvalue weighted by molar-refractivity contribution is 0.732. The van der Waals surface area contributed by atoms with Crippen molar-refractivity contribution in [1.29, 1.82) is 0 Å². The number of aryl methyl sites for hydroxylation is 2. The summed E-state index contributed by atoms with van der Waals surface area (Å²) >= 11 is 0. The highest BCUT2D eigenvalue weighted by atomic mass is 15.1. The highest BCUT2D eigenvalue weighted by Gasteiger charge is 2.07. The van der Waals surface area contributed by atoms with Gasteiger partial charge in [0.2, 0.25) is 0 Å². The van der Waals surface area contributed by atoms with Gasteiger partial charge in [-0.15, -0.1) is 0 Å². The van der Waals surface area contributed by atoms with E-state index in [9.17, 15) is 0 Å². The molecule has 0 radical (unpaired) electrons. The van der Waals surface area contributed by atoms with Gasteiger partial charge in [0.1, 0.15) is 0 Å². The summed E-state index contributed by atoms with van der Waals surface area (Å²) in [6, 6.07) is 0.213. The topological polar surface area (TPSA) is 54.7 Å². The zero-order chi connectivity index (χ0) is 8.43. The van der Waals surface area contributed by atoms with Gasteiger partial charge in [-0.3, -0.25) is 5.10 Å². The Morgan fingerprint density at radius 3 is 2.55 bits per heavy atom. The summed E-state index contributed by atoms with van der Waals surface area (Å²) in [6.07, 6.45) is 0.911. The number of rotatable bonds is 2. The van der Waals surface area contributed by atoms with E-state index in [0.29, 0.717) is 0 Å². The predicted octanol–water partition coefficient (Wildman–Crippen LogP) is 0.916. The van der Waals surface area contributed by atoms with Crippen LogP contribution in [0.1, 0.15) is 23.9 Å². The highest BCUT2D eigenvalue weighted by Crippen LogP contribution is 2.10. The molecule has 1 aromatic heterocycles. The minimum absolute atomic E-state index is 0.213. The Labute approximate surface area is 67.0 Å². The molecule has 0 spiro atoms. The molecule has 0 aliphatic rings. The Hall–Kier alpha value is -0.830. The quantitative estimate of drug-likeness (QED) is 0.663. The molecule has 1 rings (SSSR count). The van der Waals surface area contributed by atoms with Crippen LogP contribution in [0.5, 0.6) is 0 Å². The number of aromatic nitrogens is 2. The minimum atomic E-state index is 0.213. The van der Waals surface area contributed by atoms with E-state index in [4.69, 9.17) is 5.73 Å². The second-order valence-corrected chi connectivity index (χ2v) is 3.09. The van der Waals surface area contributed by atoms with Gasteiger partial charge in [-0.25, -0.2) is 0 Å². The molecular formula is C8H15N3. The van der Waals surface area contributed by atoms with Crippen LogP contribution >= 0.6 is 0 Å². The minimum Gasteiger partial charge on any atom is -0.328 e. The molecule has 0 bridgehead atoms. The van der Waals surface area contributed by atoms with E-state index in [-0.39, 0.29) is 6.04 Å². The fourth-order valence-corrected chi connectivity index (χ4v) is 1.20. The lowest BCUT2D eigenvalue weighted by Gasteiger charge is -2.03. The Kier molecular flexibility index (Phi) is 2.29. The van der Waals surface area contributed by atoms with Crippen LogP contribution in [0.4, 0.5) is 0 Å². The van der Waals surface area contributed by atoms with E-state index in [1.54, 1.807) is 0 Å². The first-order valence-electron chi connectivity index (χ1n) is 3.87.